The van der Waals surface area contributed by atoms with Crippen LogP contribution >= 0.6 is 0 Å². The van der Waals surface area contributed by atoms with Crippen LogP contribution in [0.5, 0.6) is 5.75 Å². The van der Waals surface area contributed by atoms with Gasteiger partial charge in [-0.25, -0.2) is 9.18 Å². The average molecular weight is 419 g/mol. The lowest BCUT2D eigenvalue weighted by molar-refractivity contribution is -0.147. The van der Waals surface area contributed by atoms with Crippen molar-refractivity contribution < 1.29 is 33.4 Å². The molecule has 1 aromatic heterocycles. The van der Waals surface area contributed by atoms with E-state index in [1.807, 2.05) is 0 Å². The van der Waals surface area contributed by atoms with Crippen molar-refractivity contribution in [1.82, 2.24) is 9.58 Å². The Balaban J connectivity index is 2.11. The van der Waals surface area contributed by atoms with Gasteiger partial charge in [0.15, 0.2) is 5.69 Å². The molecule has 158 valence electrons. The first-order chi connectivity index (χ1) is 14.2. The Morgan fingerprint density at radius 2 is 1.87 bits per heavy atom. The number of rotatable bonds is 6. The van der Waals surface area contributed by atoms with Crippen LogP contribution in [0, 0.1) is 5.82 Å². The summed E-state index contributed by atoms with van der Waals surface area (Å²) in [5.41, 5.74) is -1.18. The lowest BCUT2D eigenvalue weighted by Gasteiger charge is -2.38. The molecular weight excluding hydrogens is 401 g/mol. The SMILES string of the molecule is CC(=O)OCOc1c2n(cc(C(=O)O)c1=O)N(Cc1ccc(F)cc1)CN(C)C2=O. The summed E-state index contributed by atoms with van der Waals surface area (Å²) in [6.07, 6.45) is 1.03. The number of halogens is 1. The molecule has 3 rings (SSSR count). The number of carbonyl (C=O) groups is 3. The first-order valence-corrected chi connectivity index (χ1v) is 8.73. The molecule has 10 nitrogen and oxygen atoms in total. The van der Waals surface area contributed by atoms with Crippen molar-refractivity contribution in [3.8, 4) is 5.75 Å². The molecule has 11 heteroatoms. The van der Waals surface area contributed by atoms with Crippen LogP contribution in [0.25, 0.3) is 0 Å². The summed E-state index contributed by atoms with van der Waals surface area (Å²) in [7, 11) is 1.49. The molecule has 2 heterocycles. The molecule has 1 aliphatic rings. The Labute approximate surface area is 169 Å². The molecule has 0 spiro atoms. The molecule has 0 atom stereocenters. The van der Waals surface area contributed by atoms with Crippen molar-refractivity contribution >= 4 is 17.8 Å². The van der Waals surface area contributed by atoms with E-state index in [0.29, 0.717) is 5.56 Å². The summed E-state index contributed by atoms with van der Waals surface area (Å²) < 4.78 is 24.3. The van der Waals surface area contributed by atoms with Gasteiger partial charge in [0, 0.05) is 20.2 Å². The van der Waals surface area contributed by atoms with E-state index in [-0.39, 0.29) is 18.9 Å². The fourth-order valence-corrected chi connectivity index (χ4v) is 2.94. The summed E-state index contributed by atoms with van der Waals surface area (Å²) in [6.45, 7) is 0.697. The third-order valence-corrected chi connectivity index (χ3v) is 4.35. The smallest absolute Gasteiger partial charge is 0.341 e. The van der Waals surface area contributed by atoms with Crippen LogP contribution < -0.4 is 15.2 Å². The van der Waals surface area contributed by atoms with E-state index in [1.165, 1.54) is 28.8 Å². The van der Waals surface area contributed by atoms with Crippen LogP contribution in [-0.2, 0) is 16.1 Å². The number of aromatic nitrogens is 1. The molecule has 0 saturated carbocycles. The second-order valence-electron chi connectivity index (χ2n) is 6.53. The van der Waals surface area contributed by atoms with Gasteiger partial charge in [0.25, 0.3) is 5.91 Å². The molecule has 0 unspecified atom stereocenters. The quantitative estimate of drug-likeness (QED) is 0.539. The fraction of sp³-hybridized carbons (Fsp3) is 0.263. The zero-order valence-electron chi connectivity index (χ0n) is 16.1. The minimum atomic E-state index is -1.51. The number of benzene rings is 1. The minimum Gasteiger partial charge on any atom is -0.477 e. The van der Waals surface area contributed by atoms with E-state index < -0.39 is 47.2 Å². The van der Waals surface area contributed by atoms with E-state index in [4.69, 9.17) is 4.74 Å². The maximum Gasteiger partial charge on any atom is 0.341 e. The molecule has 0 radical (unpaired) electrons. The third kappa shape index (κ3) is 4.09. The molecule has 2 aromatic rings. The molecule has 1 amide bonds. The number of carboxylic acid groups (broad SMARTS) is 1. The standard InChI is InChI=1S/C19H18FN3O7/c1-11(24)29-10-30-17-15-18(26)21(2)9-22(7-12-3-5-13(20)6-4-12)23(15)8-14(16(17)25)19(27)28/h3-6,8H,7,9-10H2,1-2H3,(H,27,28). The highest BCUT2D eigenvalue weighted by Crippen LogP contribution is 2.23. The Kier molecular flexibility index (Phi) is 5.72. The fourth-order valence-electron chi connectivity index (χ4n) is 2.94. The number of carbonyl (C=O) groups excluding carboxylic acids is 2. The summed E-state index contributed by atoms with van der Waals surface area (Å²) in [4.78, 5) is 49.3. The lowest BCUT2D eigenvalue weighted by Crippen LogP contribution is -2.53. The van der Waals surface area contributed by atoms with Crippen molar-refractivity contribution in [2.45, 2.75) is 13.5 Å². The van der Waals surface area contributed by atoms with Gasteiger partial charge in [-0.1, -0.05) is 12.1 Å². The van der Waals surface area contributed by atoms with Crippen molar-refractivity contribution in [3.63, 3.8) is 0 Å². The highest BCUT2D eigenvalue weighted by Gasteiger charge is 2.34. The Morgan fingerprint density at radius 1 is 1.20 bits per heavy atom. The highest BCUT2D eigenvalue weighted by molar-refractivity contribution is 5.97. The second kappa shape index (κ2) is 8.23. The van der Waals surface area contributed by atoms with Crippen molar-refractivity contribution in [2.24, 2.45) is 0 Å². The van der Waals surface area contributed by atoms with Crippen molar-refractivity contribution in [3.05, 3.63) is 63.3 Å². The number of fused-ring (bicyclic) bond motifs is 1. The zero-order valence-corrected chi connectivity index (χ0v) is 16.1. The number of esters is 1. The normalized spacial score (nSPS) is 13.1. The molecule has 1 aromatic carbocycles. The number of hydrogen-bond donors (Lipinski definition) is 1. The largest absolute Gasteiger partial charge is 0.477 e. The van der Waals surface area contributed by atoms with Crippen LogP contribution in [-0.4, -0.2) is 53.0 Å². The summed E-state index contributed by atoms with van der Waals surface area (Å²) in [5.74, 6) is -3.74. The van der Waals surface area contributed by atoms with Gasteiger partial charge in [0.1, 0.15) is 18.0 Å². The van der Waals surface area contributed by atoms with Crippen molar-refractivity contribution in [1.29, 1.82) is 0 Å². The summed E-state index contributed by atoms with van der Waals surface area (Å²) >= 11 is 0. The topological polar surface area (TPSA) is 118 Å². The van der Waals surface area contributed by atoms with Gasteiger partial charge in [-0.3, -0.25) is 24.1 Å². The van der Waals surface area contributed by atoms with E-state index in [9.17, 15) is 28.7 Å². The van der Waals surface area contributed by atoms with Crippen LogP contribution in [0.1, 0.15) is 33.3 Å². The van der Waals surface area contributed by atoms with Gasteiger partial charge >= 0.3 is 11.9 Å². The van der Waals surface area contributed by atoms with Crippen LogP contribution in [0.3, 0.4) is 0 Å². The molecule has 0 fully saturated rings. The maximum atomic E-state index is 13.2. The van der Waals surface area contributed by atoms with Gasteiger partial charge < -0.3 is 19.5 Å². The van der Waals surface area contributed by atoms with Gasteiger partial charge in [-0.2, -0.15) is 0 Å². The van der Waals surface area contributed by atoms with E-state index in [2.05, 4.69) is 4.74 Å². The zero-order chi connectivity index (χ0) is 22.0. The average Bonchev–Trinajstić information content (AvgIpc) is 2.68. The third-order valence-electron chi connectivity index (χ3n) is 4.35. The molecule has 1 aliphatic heterocycles. The van der Waals surface area contributed by atoms with E-state index in [0.717, 1.165) is 13.1 Å². The van der Waals surface area contributed by atoms with Crippen molar-refractivity contribution in [2.75, 3.05) is 25.5 Å². The van der Waals surface area contributed by atoms with Gasteiger partial charge in [-0.05, 0) is 17.7 Å². The van der Waals surface area contributed by atoms with Crippen LogP contribution in [0.4, 0.5) is 4.39 Å². The predicted octanol–water partition coefficient (Wildman–Crippen LogP) is 0.766. The number of pyridine rings is 1. The van der Waals surface area contributed by atoms with Gasteiger partial charge in [0.05, 0.1) is 6.54 Å². The summed E-state index contributed by atoms with van der Waals surface area (Å²) in [6, 6.07) is 5.64. The summed E-state index contributed by atoms with van der Waals surface area (Å²) in [5, 5.41) is 11.0. The first kappa shape index (κ1) is 20.8. The van der Waals surface area contributed by atoms with Crippen LogP contribution in [0.15, 0.2) is 35.3 Å². The van der Waals surface area contributed by atoms with Crippen LogP contribution in [0.2, 0.25) is 0 Å². The predicted molar refractivity (Wildman–Crippen MR) is 100 cm³/mol. The molecule has 0 bridgehead atoms. The number of nitrogens with zero attached hydrogens (tertiary/aromatic N) is 3. The van der Waals surface area contributed by atoms with Gasteiger partial charge in [0.2, 0.25) is 18.0 Å². The Hall–Kier alpha value is -3.89. The number of aromatic carboxylic acids is 1. The van der Waals surface area contributed by atoms with Gasteiger partial charge in [-0.15, -0.1) is 0 Å². The lowest BCUT2D eigenvalue weighted by atomic mass is 10.1. The Bertz CT molecular complexity index is 1070. The number of carboxylic acids is 1. The maximum absolute atomic E-state index is 13.2. The second-order valence-corrected chi connectivity index (χ2v) is 6.53. The molecule has 0 aliphatic carbocycles. The monoisotopic (exact) mass is 419 g/mol. The number of amides is 1. The highest BCUT2D eigenvalue weighted by atomic mass is 19.1. The molecule has 1 N–H and O–H groups in total. The first-order valence-electron chi connectivity index (χ1n) is 8.73. The Morgan fingerprint density at radius 3 is 2.47 bits per heavy atom. The number of hydrogen-bond acceptors (Lipinski definition) is 7. The van der Waals surface area contributed by atoms with E-state index >= 15 is 0 Å². The minimum absolute atomic E-state index is 0.0640. The molecule has 0 saturated heterocycles. The molecule has 30 heavy (non-hydrogen) atoms. The number of ether oxygens (including phenoxy) is 2. The van der Waals surface area contributed by atoms with E-state index in [1.54, 1.807) is 17.1 Å². The molecular formula is C19H18FN3O7.